The predicted molar refractivity (Wildman–Crippen MR) is 113 cm³/mol. The molecule has 0 spiro atoms. The minimum atomic E-state index is 0.686. The van der Waals surface area contributed by atoms with Gasteiger partial charge in [-0.2, -0.15) is 0 Å². The van der Waals surface area contributed by atoms with Crippen LogP contribution in [0.15, 0.2) is 53.6 Å². The Hall–Kier alpha value is -2.20. The summed E-state index contributed by atoms with van der Waals surface area (Å²) in [6, 6.07) is 14.7. The third-order valence-corrected chi connectivity index (χ3v) is 5.53. The van der Waals surface area contributed by atoms with Crippen molar-refractivity contribution in [1.29, 1.82) is 0 Å². The average Bonchev–Trinajstić information content (AvgIpc) is 3.50. The minimum Gasteiger partial charge on any atom is -0.493 e. The highest BCUT2D eigenvalue weighted by molar-refractivity contribution is 7.99. The van der Waals surface area contributed by atoms with E-state index in [1.165, 1.54) is 23.3 Å². The zero-order chi connectivity index (χ0) is 19.2. The van der Waals surface area contributed by atoms with Gasteiger partial charge in [0, 0.05) is 29.3 Å². The molecule has 1 saturated carbocycles. The van der Waals surface area contributed by atoms with Crippen LogP contribution in [0.1, 0.15) is 36.5 Å². The van der Waals surface area contributed by atoms with Gasteiger partial charge in [-0.05, 0) is 60.8 Å². The first kappa shape index (κ1) is 19.6. The van der Waals surface area contributed by atoms with Gasteiger partial charge in [-0.15, -0.1) is 11.8 Å². The molecule has 1 aliphatic rings. The van der Waals surface area contributed by atoms with Gasteiger partial charge in [0.2, 0.25) is 6.41 Å². The normalized spacial score (nSPS) is 14.1. The number of hydrogen-bond donors (Lipinski definition) is 0. The van der Waals surface area contributed by atoms with Gasteiger partial charge in [0.05, 0.1) is 6.61 Å². The summed E-state index contributed by atoms with van der Waals surface area (Å²) in [7, 11) is 1.76. The number of aryl methyl sites for hydroxylation is 1. The number of rotatable bonds is 9. The Balaban J connectivity index is 2.10. The summed E-state index contributed by atoms with van der Waals surface area (Å²) in [5.41, 5.74) is 4.33. The fourth-order valence-electron chi connectivity index (χ4n) is 2.99. The number of amides is 1. The molecule has 2 aromatic rings. The lowest BCUT2D eigenvalue weighted by Gasteiger charge is -2.19. The maximum atomic E-state index is 11.3. The number of benzene rings is 2. The topological polar surface area (TPSA) is 29.5 Å². The predicted octanol–water partition coefficient (Wildman–Crippen LogP) is 5.37. The Morgan fingerprint density at radius 1 is 1.22 bits per heavy atom. The Morgan fingerprint density at radius 2 is 2.00 bits per heavy atom. The van der Waals surface area contributed by atoms with Crippen LogP contribution in [0.4, 0.5) is 0 Å². The van der Waals surface area contributed by atoms with Crippen LogP contribution in [-0.2, 0) is 4.79 Å². The highest BCUT2D eigenvalue weighted by Crippen LogP contribution is 2.37. The first-order valence-corrected chi connectivity index (χ1v) is 10.5. The molecule has 0 saturated heterocycles. The second-order valence-electron chi connectivity index (χ2n) is 6.97. The third kappa shape index (κ3) is 5.16. The molecule has 0 radical (unpaired) electrons. The lowest BCUT2D eigenvalue weighted by atomic mass is 9.94. The minimum absolute atomic E-state index is 0.686. The number of carbonyl (C=O) groups excluding carboxylic acids is 1. The molecule has 0 heterocycles. The summed E-state index contributed by atoms with van der Waals surface area (Å²) in [5.74, 6) is 2.58. The quantitative estimate of drug-likeness (QED) is 0.432. The summed E-state index contributed by atoms with van der Waals surface area (Å²) in [5, 5.41) is 0. The lowest BCUT2D eigenvalue weighted by Crippen LogP contribution is -2.10. The second kappa shape index (κ2) is 9.14. The van der Waals surface area contributed by atoms with Crippen molar-refractivity contribution >= 4 is 23.7 Å². The largest absolute Gasteiger partial charge is 0.493 e. The van der Waals surface area contributed by atoms with Crippen LogP contribution < -0.4 is 4.74 Å². The fourth-order valence-corrected chi connectivity index (χ4v) is 3.69. The van der Waals surface area contributed by atoms with Gasteiger partial charge in [0.1, 0.15) is 5.75 Å². The van der Waals surface area contributed by atoms with Crippen molar-refractivity contribution in [3.05, 3.63) is 65.4 Å². The second-order valence-corrected chi connectivity index (χ2v) is 8.31. The van der Waals surface area contributed by atoms with E-state index in [0.29, 0.717) is 5.92 Å². The Kier molecular flexibility index (Phi) is 6.62. The SMILES string of the molecule is CCSc1ccc(OCC2CC2)c(/C(=C/N(C)C=O)c2ccccc2C)c1. The van der Waals surface area contributed by atoms with Gasteiger partial charge >= 0.3 is 0 Å². The fraction of sp³-hybridized carbons (Fsp3) is 0.348. The van der Waals surface area contributed by atoms with Gasteiger partial charge < -0.3 is 9.64 Å². The summed E-state index contributed by atoms with van der Waals surface area (Å²) < 4.78 is 6.19. The molecule has 0 aliphatic heterocycles. The molecule has 142 valence electrons. The first-order chi connectivity index (χ1) is 13.1. The van der Waals surface area contributed by atoms with Crippen LogP contribution in [-0.4, -0.2) is 30.7 Å². The molecule has 1 amide bonds. The van der Waals surface area contributed by atoms with Crippen molar-refractivity contribution < 1.29 is 9.53 Å². The van der Waals surface area contributed by atoms with E-state index in [1.54, 1.807) is 11.9 Å². The van der Waals surface area contributed by atoms with E-state index in [-0.39, 0.29) is 0 Å². The summed E-state index contributed by atoms with van der Waals surface area (Å²) >= 11 is 1.81. The Labute approximate surface area is 166 Å². The van der Waals surface area contributed by atoms with Crippen LogP contribution in [0.5, 0.6) is 5.75 Å². The monoisotopic (exact) mass is 381 g/mol. The highest BCUT2D eigenvalue weighted by atomic mass is 32.2. The molecular weight excluding hydrogens is 354 g/mol. The van der Waals surface area contributed by atoms with Gasteiger partial charge in [-0.1, -0.05) is 31.2 Å². The summed E-state index contributed by atoms with van der Waals surface area (Å²) in [6.07, 6.45) is 5.24. The first-order valence-electron chi connectivity index (χ1n) is 9.47. The van der Waals surface area contributed by atoms with E-state index in [0.717, 1.165) is 41.2 Å². The maximum Gasteiger partial charge on any atom is 0.213 e. The molecule has 3 rings (SSSR count). The molecule has 1 fully saturated rings. The molecule has 2 aromatic carbocycles. The Morgan fingerprint density at radius 3 is 2.67 bits per heavy atom. The van der Waals surface area contributed by atoms with Crippen molar-refractivity contribution in [3.8, 4) is 5.75 Å². The van der Waals surface area contributed by atoms with Crippen molar-refractivity contribution in [2.24, 2.45) is 5.92 Å². The highest BCUT2D eigenvalue weighted by Gasteiger charge is 2.23. The third-order valence-electron chi connectivity index (χ3n) is 4.66. The molecule has 0 atom stereocenters. The number of thioether (sulfide) groups is 1. The number of ether oxygens (including phenoxy) is 1. The van der Waals surface area contributed by atoms with Gasteiger partial charge in [-0.3, -0.25) is 4.79 Å². The zero-order valence-electron chi connectivity index (χ0n) is 16.3. The number of nitrogens with zero attached hydrogens (tertiary/aromatic N) is 1. The molecule has 0 unspecified atom stereocenters. The average molecular weight is 382 g/mol. The van der Waals surface area contributed by atoms with E-state index >= 15 is 0 Å². The van der Waals surface area contributed by atoms with E-state index in [9.17, 15) is 4.79 Å². The van der Waals surface area contributed by atoms with Crippen LogP contribution in [0, 0.1) is 12.8 Å². The lowest BCUT2D eigenvalue weighted by molar-refractivity contribution is -0.114. The van der Waals surface area contributed by atoms with Crippen molar-refractivity contribution in [2.75, 3.05) is 19.4 Å². The van der Waals surface area contributed by atoms with Crippen LogP contribution in [0.2, 0.25) is 0 Å². The van der Waals surface area contributed by atoms with E-state index in [4.69, 9.17) is 4.74 Å². The van der Waals surface area contributed by atoms with Gasteiger partial charge in [-0.25, -0.2) is 0 Å². The Bertz CT molecular complexity index is 827. The molecule has 0 aromatic heterocycles. The van der Waals surface area contributed by atoms with E-state index in [1.807, 2.05) is 30.1 Å². The maximum absolute atomic E-state index is 11.3. The van der Waals surface area contributed by atoms with Crippen LogP contribution in [0.25, 0.3) is 5.57 Å². The molecular formula is C23H27NO2S. The van der Waals surface area contributed by atoms with E-state index < -0.39 is 0 Å². The van der Waals surface area contributed by atoms with Crippen LogP contribution >= 0.6 is 11.8 Å². The zero-order valence-corrected chi connectivity index (χ0v) is 17.1. The number of carbonyl (C=O) groups is 1. The van der Waals surface area contributed by atoms with Crippen molar-refractivity contribution in [3.63, 3.8) is 0 Å². The van der Waals surface area contributed by atoms with Gasteiger partial charge in [0.15, 0.2) is 0 Å². The molecule has 1 aliphatic carbocycles. The summed E-state index contributed by atoms with van der Waals surface area (Å²) in [4.78, 5) is 14.1. The smallest absolute Gasteiger partial charge is 0.213 e. The van der Waals surface area contributed by atoms with Crippen molar-refractivity contribution in [1.82, 2.24) is 4.90 Å². The van der Waals surface area contributed by atoms with Crippen molar-refractivity contribution in [2.45, 2.75) is 31.6 Å². The summed E-state index contributed by atoms with van der Waals surface area (Å²) in [6.45, 7) is 5.01. The molecule has 4 heteroatoms. The molecule has 27 heavy (non-hydrogen) atoms. The van der Waals surface area contributed by atoms with Gasteiger partial charge in [0.25, 0.3) is 0 Å². The standard InChI is InChI=1S/C23H27NO2S/c1-4-27-19-11-12-23(26-15-18-9-10-18)21(13-19)22(14-24(3)16-25)20-8-6-5-7-17(20)2/h5-8,11-14,16,18H,4,9-10,15H2,1-3H3/b22-14+. The molecule has 3 nitrogen and oxygen atoms in total. The van der Waals surface area contributed by atoms with E-state index in [2.05, 4.69) is 44.2 Å². The molecule has 0 bridgehead atoms. The molecule has 0 N–H and O–H groups in total. The number of hydrogen-bond acceptors (Lipinski definition) is 3. The van der Waals surface area contributed by atoms with Crippen LogP contribution in [0.3, 0.4) is 0 Å².